The number of pyridine rings is 1. The van der Waals surface area contributed by atoms with Crippen molar-refractivity contribution in [3.8, 4) is 23.3 Å². The number of nitriles is 1. The maximum absolute atomic E-state index is 12.9. The zero-order valence-corrected chi connectivity index (χ0v) is 17.1. The Morgan fingerprint density at radius 1 is 1.06 bits per heavy atom. The van der Waals surface area contributed by atoms with Crippen LogP contribution in [0.1, 0.15) is 41.9 Å². The van der Waals surface area contributed by atoms with Crippen molar-refractivity contribution in [2.75, 3.05) is 0 Å². The van der Waals surface area contributed by atoms with Crippen LogP contribution in [0.15, 0.2) is 48.5 Å². The lowest BCUT2D eigenvalue weighted by molar-refractivity contribution is -0.143. The molecule has 0 radical (unpaired) electrons. The molecule has 3 aromatic rings. The molecule has 1 aliphatic carbocycles. The quantitative estimate of drug-likeness (QED) is 0.556. The van der Waals surface area contributed by atoms with Crippen molar-refractivity contribution >= 4 is 22.6 Å². The summed E-state index contributed by atoms with van der Waals surface area (Å²) in [5.41, 5.74) is -0.347. The van der Waals surface area contributed by atoms with Crippen LogP contribution >= 0.6 is 0 Å². The van der Waals surface area contributed by atoms with Crippen LogP contribution in [0.25, 0.3) is 10.8 Å². The predicted octanol–water partition coefficient (Wildman–Crippen LogP) is 3.98. The van der Waals surface area contributed by atoms with Gasteiger partial charge in [-0.3, -0.25) is 9.59 Å². The number of ether oxygens (including phenoxy) is 1. The van der Waals surface area contributed by atoms with Crippen molar-refractivity contribution in [2.24, 2.45) is 5.92 Å². The van der Waals surface area contributed by atoms with E-state index in [1.54, 1.807) is 30.3 Å². The van der Waals surface area contributed by atoms with Crippen LogP contribution in [0.2, 0.25) is 0 Å². The molecule has 0 aliphatic heterocycles. The van der Waals surface area contributed by atoms with Crippen LogP contribution in [-0.4, -0.2) is 33.1 Å². The lowest BCUT2D eigenvalue weighted by atomic mass is 9.84. The van der Waals surface area contributed by atoms with E-state index in [1.165, 1.54) is 0 Å². The maximum atomic E-state index is 12.9. The average Bonchev–Trinajstić information content (AvgIpc) is 2.80. The molecule has 2 aromatic carbocycles. The van der Waals surface area contributed by atoms with Gasteiger partial charge in [0.25, 0.3) is 5.91 Å². The fourth-order valence-corrected chi connectivity index (χ4v) is 4.05. The molecule has 1 saturated carbocycles. The second-order valence-electron chi connectivity index (χ2n) is 7.70. The highest BCUT2D eigenvalue weighted by molar-refractivity contribution is 6.03. The van der Waals surface area contributed by atoms with E-state index in [0.717, 1.165) is 12.8 Å². The summed E-state index contributed by atoms with van der Waals surface area (Å²) in [6.45, 7) is 0. The number of amides is 1. The van der Waals surface area contributed by atoms with Gasteiger partial charge in [0.15, 0.2) is 11.4 Å². The van der Waals surface area contributed by atoms with Gasteiger partial charge < -0.3 is 20.3 Å². The van der Waals surface area contributed by atoms with Gasteiger partial charge in [-0.2, -0.15) is 5.26 Å². The number of fused-ring (bicyclic) bond motifs is 1. The number of rotatable bonds is 5. The number of para-hydroxylation sites is 1. The number of aliphatic carboxylic acids is 1. The first kappa shape index (κ1) is 21.1. The Hall–Kier alpha value is -4.12. The molecule has 2 unspecified atom stereocenters. The van der Waals surface area contributed by atoms with Gasteiger partial charge in [0.05, 0.1) is 5.92 Å². The number of hydrogen-bond acceptors (Lipinski definition) is 6. The van der Waals surface area contributed by atoms with Gasteiger partial charge >= 0.3 is 5.97 Å². The van der Waals surface area contributed by atoms with Crippen LogP contribution in [-0.2, 0) is 4.79 Å². The first-order chi connectivity index (χ1) is 15.5. The predicted molar refractivity (Wildman–Crippen MR) is 115 cm³/mol. The maximum Gasteiger partial charge on any atom is 0.308 e. The molecule has 162 valence electrons. The molecular formula is C24H21N3O5. The minimum absolute atomic E-state index is 0.0418. The molecule has 8 heteroatoms. The van der Waals surface area contributed by atoms with Crippen molar-refractivity contribution in [1.29, 1.82) is 5.26 Å². The van der Waals surface area contributed by atoms with Crippen LogP contribution in [0.3, 0.4) is 0 Å². The Labute approximate surface area is 184 Å². The summed E-state index contributed by atoms with van der Waals surface area (Å²) >= 11 is 0. The molecule has 32 heavy (non-hydrogen) atoms. The molecule has 8 nitrogen and oxygen atoms in total. The summed E-state index contributed by atoms with van der Waals surface area (Å²) in [6.07, 6.45) is 2.60. The summed E-state index contributed by atoms with van der Waals surface area (Å²) in [7, 11) is 0. The molecule has 1 aliphatic rings. The molecule has 1 amide bonds. The van der Waals surface area contributed by atoms with Crippen LogP contribution < -0.4 is 10.1 Å². The first-order valence-corrected chi connectivity index (χ1v) is 10.3. The fraction of sp³-hybridized carbons (Fsp3) is 0.250. The normalized spacial score (nSPS) is 18.0. The second-order valence-corrected chi connectivity index (χ2v) is 7.70. The topological polar surface area (TPSA) is 133 Å². The van der Waals surface area contributed by atoms with E-state index in [1.807, 2.05) is 24.3 Å². The van der Waals surface area contributed by atoms with E-state index < -0.39 is 23.8 Å². The van der Waals surface area contributed by atoms with Gasteiger partial charge in [0.1, 0.15) is 23.3 Å². The van der Waals surface area contributed by atoms with Gasteiger partial charge in [0, 0.05) is 16.8 Å². The van der Waals surface area contributed by atoms with Crippen molar-refractivity contribution in [3.63, 3.8) is 0 Å². The number of nitrogens with zero attached hydrogens (tertiary/aromatic N) is 2. The van der Waals surface area contributed by atoms with Gasteiger partial charge in [-0.15, -0.1) is 0 Å². The second kappa shape index (κ2) is 8.94. The smallest absolute Gasteiger partial charge is 0.308 e. The van der Waals surface area contributed by atoms with E-state index in [2.05, 4.69) is 10.3 Å². The summed E-state index contributed by atoms with van der Waals surface area (Å²) in [5.74, 6) is -1.67. The number of carbonyl (C=O) groups is 2. The highest BCUT2D eigenvalue weighted by atomic mass is 16.5. The number of aromatic nitrogens is 1. The van der Waals surface area contributed by atoms with Crippen LogP contribution in [0.4, 0.5) is 0 Å². The lowest BCUT2D eigenvalue weighted by Crippen LogP contribution is -2.45. The standard InChI is InChI=1S/C24H21N3O5/c25-13-20-18-12-15(32-14-6-2-1-3-7-14)10-11-16(18)22(28)21(26-20)23(29)27-19-9-5-4-8-17(19)24(30)31/h1-3,6-7,10-12,17,19,28H,4-5,8-9H2,(H,27,29)(H,30,31). The van der Waals surface area contributed by atoms with E-state index in [9.17, 15) is 25.1 Å². The number of nitrogens with one attached hydrogen (secondary N) is 1. The largest absolute Gasteiger partial charge is 0.505 e. The molecular weight excluding hydrogens is 410 g/mol. The Kier molecular flexibility index (Phi) is 5.90. The minimum atomic E-state index is -0.964. The third-order valence-electron chi connectivity index (χ3n) is 5.65. The van der Waals surface area contributed by atoms with Crippen LogP contribution in [0, 0.1) is 17.2 Å². The average molecular weight is 431 g/mol. The van der Waals surface area contributed by atoms with Gasteiger partial charge in [-0.05, 0) is 43.2 Å². The molecule has 3 N–H and O–H groups in total. The summed E-state index contributed by atoms with van der Waals surface area (Å²) in [4.78, 5) is 28.5. The van der Waals surface area contributed by atoms with Crippen molar-refractivity contribution in [2.45, 2.75) is 31.7 Å². The van der Waals surface area contributed by atoms with Crippen LogP contribution in [0.5, 0.6) is 17.2 Å². The number of hydrogen-bond donors (Lipinski definition) is 3. The Bertz CT molecular complexity index is 1220. The number of benzene rings is 2. The van der Waals surface area contributed by atoms with E-state index >= 15 is 0 Å². The van der Waals surface area contributed by atoms with Crippen molar-refractivity contribution < 1.29 is 24.5 Å². The number of carboxylic acid groups (broad SMARTS) is 1. The highest BCUT2D eigenvalue weighted by Crippen LogP contribution is 2.34. The van der Waals surface area contributed by atoms with Gasteiger partial charge in [0.2, 0.25) is 0 Å². The summed E-state index contributed by atoms with van der Waals surface area (Å²) in [5, 5.41) is 33.1. The monoisotopic (exact) mass is 431 g/mol. The van der Waals surface area contributed by atoms with E-state index in [-0.39, 0.29) is 22.5 Å². The summed E-state index contributed by atoms with van der Waals surface area (Å²) < 4.78 is 5.78. The zero-order valence-electron chi connectivity index (χ0n) is 17.1. The molecule has 1 fully saturated rings. The molecule has 0 bridgehead atoms. The Morgan fingerprint density at radius 3 is 2.53 bits per heavy atom. The number of carboxylic acids is 1. The third kappa shape index (κ3) is 4.18. The molecule has 1 heterocycles. The van der Waals surface area contributed by atoms with Crippen molar-refractivity contribution in [3.05, 3.63) is 59.9 Å². The first-order valence-electron chi connectivity index (χ1n) is 10.3. The number of carbonyl (C=O) groups excluding carboxylic acids is 1. The summed E-state index contributed by atoms with van der Waals surface area (Å²) in [6, 6.07) is 15.3. The van der Waals surface area contributed by atoms with E-state index in [0.29, 0.717) is 29.7 Å². The highest BCUT2D eigenvalue weighted by Gasteiger charge is 2.33. The molecule has 4 rings (SSSR count). The van der Waals surface area contributed by atoms with Gasteiger partial charge in [-0.1, -0.05) is 31.0 Å². The molecule has 0 spiro atoms. The number of aromatic hydroxyl groups is 1. The Morgan fingerprint density at radius 2 is 1.81 bits per heavy atom. The zero-order chi connectivity index (χ0) is 22.7. The Balaban J connectivity index is 1.66. The molecule has 0 saturated heterocycles. The van der Waals surface area contributed by atoms with Crippen molar-refractivity contribution in [1.82, 2.24) is 10.3 Å². The molecule has 1 aromatic heterocycles. The lowest BCUT2D eigenvalue weighted by Gasteiger charge is -2.29. The van der Waals surface area contributed by atoms with Gasteiger partial charge in [-0.25, -0.2) is 4.98 Å². The van der Waals surface area contributed by atoms with E-state index in [4.69, 9.17) is 4.74 Å². The SMILES string of the molecule is N#Cc1nc(C(=O)NC2CCCCC2C(=O)O)c(O)c2ccc(Oc3ccccc3)cc12. The third-order valence-corrected chi connectivity index (χ3v) is 5.65. The fourth-order valence-electron chi connectivity index (χ4n) is 4.05. The minimum Gasteiger partial charge on any atom is -0.505 e. The molecule has 2 atom stereocenters.